The fourth-order valence-corrected chi connectivity index (χ4v) is 11.9. The second kappa shape index (κ2) is 6.50. The van der Waals surface area contributed by atoms with Crippen LogP contribution in [-0.2, 0) is 8.85 Å². The largest absolute Gasteiger partial charge is 0.420 e. The average molecular weight is 285 g/mol. The Morgan fingerprint density at radius 3 is 2.89 bits per heavy atom. The van der Waals surface area contributed by atoms with E-state index in [0.29, 0.717) is 11.6 Å². The molecule has 2 saturated heterocycles. The van der Waals surface area contributed by atoms with Gasteiger partial charge in [0.1, 0.15) is 0 Å². The fourth-order valence-electron chi connectivity index (χ4n) is 3.46. The van der Waals surface area contributed by atoms with Gasteiger partial charge in [-0.3, -0.25) is 0 Å². The topological polar surface area (TPSA) is 18.5 Å². The molecule has 0 aromatic rings. The molecule has 0 N–H and O–H groups in total. The number of rotatable bonds is 4. The van der Waals surface area contributed by atoms with Gasteiger partial charge in [0, 0.05) is 12.7 Å². The second-order valence-corrected chi connectivity index (χ2v) is 12.9. The molecule has 2 rings (SSSR count). The van der Waals surface area contributed by atoms with Crippen LogP contribution >= 0.6 is 0 Å². The van der Waals surface area contributed by atoms with E-state index in [9.17, 15) is 0 Å². The van der Waals surface area contributed by atoms with Crippen molar-refractivity contribution in [1.82, 2.24) is 0 Å². The first-order valence-electron chi connectivity index (χ1n) is 7.56. The Morgan fingerprint density at radius 2 is 2.28 bits per heavy atom. The molecule has 4 heteroatoms. The molecular formula is C14H28O2Si2. The van der Waals surface area contributed by atoms with Crippen molar-refractivity contribution in [1.29, 1.82) is 0 Å². The van der Waals surface area contributed by atoms with Gasteiger partial charge in [0.05, 0.1) is 0 Å². The third-order valence-electron chi connectivity index (χ3n) is 4.61. The van der Waals surface area contributed by atoms with Crippen molar-refractivity contribution in [3.05, 3.63) is 12.7 Å². The molecule has 0 radical (unpaired) electrons. The minimum atomic E-state index is -1.58. The van der Waals surface area contributed by atoms with Crippen molar-refractivity contribution in [2.24, 2.45) is 0 Å². The lowest BCUT2D eigenvalue weighted by Gasteiger charge is -2.41. The zero-order valence-electron chi connectivity index (χ0n) is 12.0. The Balaban J connectivity index is 1.95. The molecule has 2 aliphatic rings. The molecule has 2 fully saturated rings. The molecule has 4 unspecified atom stereocenters. The minimum Gasteiger partial charge on any atom is -0.420 e. The molecule has 4 atom stereocenters. The van der Waals surface area contributed by atoms with Crippen LogP contribution in [0.1, 0.15) is 32.6 Å². The van der Waals surface area contributed by atoms with Gasteiger partial charge in [0.2, 0.25) is 0 Å². The lowest BCUT2D eigenvalue weighted by molar-refractivity contribution is 0.173. The predicted octanol–water partition coefficient (Wildman–Crippen LogP) is 3.85. The zero-order valence-corrected chi connectivity index (χ0v) is 14.1. The quantitative estimate of drug-likeness (QED) is 0.577. The van der Waals surface area contributed by atoms with Crippen LogP contribution in [-0.4, -0.2) is 30.1 Å². The maximum absolute atomic E-state index is 6.40. The van der Waals surface area contributed by atoms with E-state index in [0.717, 1.165) is 6.61 Å². The van der Waals surface area contributed by atoms with Gasteiger partial charge in [0.25, 0.3) is 0 Å². The van der Waals surface area contributed by atoms with Gasteiger partial charge in [-0.1, -0.05) is 18.9 Å². The first kappa shape index (κ1) is 14.5. The highest BCUT2D eigenvalue weighted by atomic mass is 28.4. The maximum atomic E-state index is 6.40. The fraction of sp³-hybridized carbons (Fsp3) is 0.857. The SMILES string of the molecule is C=CC(C[SiH]1CCCCO1)[Si]1(C)CCCC(C)O1. The van der Waals surface area contributed by atoms with Crippen LogP contribution in [0.25, 0.3) is 0 Å². The second-order valence-electron chi connectivity index (χ2n) is 6.20. The standard InChI is InChI=1S/C14H28O2Si2/c1-4-14(12-17-10-6-5-9-15-17)18(3)11-7-8-13(2)16-18/h4,13-14,17H,1,5-12H2,2-3H3. The van der Waals surface area contributed by atoms with Gasteiger partial charge >= 0.3 is 0 Å². The Bertz CT molecular complexity index is 279. The maximum Gasteiger partial charge on any atom is 0.196 e. The molecule has 104 valence electrons. The highest BCUT2D eigenvalue weighted by Crippen LogP contribution is 2.39. The summed E-state index contributed by atoms with van der Waals surface area (Å²) in [5.41, 5.74) is 0.620. The highest BCUT2D eigenvalue weighted by molar-refractivity contribution is 6.76. The minimum absolute atomic E-state index is 0.465. The van der Waals surface area contributed by atoms with Crippen molar-refractivity contribution in [2.45, 2.75) is 68.9 Å². The monoisotopic (exact) mass is 284 g/mol. The molecule has 0 bridgehead atoms. The predicted molar refractivity (Wildman–Crippen MR) is 82.1 cm³/mol. The molecule has 2 heterocycles. The molecule has 0 saturated carbocycles. The van der Waals surface area contributed by atoms with Crippen LogP contribution in [0.4, 0.5) is 0 Å². The lowest BCUT2D eigenvalue weighted by atomic mass is 10.2. The number of hydrogen-bond acceptors (Lipinski definition) is 2. The van der Waals surface area contributed by atoms with Gasteiger partial charge < -0.3 is 8.85 Å². The van der Waals surface area contributed by atoms with Gasteiger partial charge in [-0.25, -0.2) is 0 Å². The van der Waals surface area contributed by atoms with Crippen LogP contribution in [0.2, 0.25) is 30.2 Å². The van der Waals surface area contributed by atoms with E-state index in [1.807, 2.05) is 0 Å². The van der Waals surface area contributed by atoms with E-state index in [1.165, 1.54) is 43.8 Å². The Morgan fingerprint density at radius 1 is 1.44 bits per heavy atom. The summed E-state index contributed by atoms with van der Waals surface area (Å²) in [7, 11) is -2.53. The summed E-state index contributed by atoms with van der Waals surface area (Å²) in [4.78, 5) is 0. The van der Waals surface area contributed by atoms with E-state index < -0.39 is 17.4 Å². The van der Waals surface area contributed by atoms with E-state index in [1.54, 1.807) is 0 Å². The molecule has 2 nitrogen and oxygen atoms in total. The molecule has 2 aliphatic heterocycles. The molecule has 0 aliphatic carbocycles. The summed E-state index contributed by atoms with van der Waals surface area (Å²) in [6, 6.07) is 3.96. The molecule has 0 aromatic heterocycles. The van der Waals surface area contributed by atoms with Crippen LogP contribution in [0, 0.1) is 0 Å². The van der Waals surface area contributed by atoms with Gasteiger partial charge in [0.15, 0.2) is 17.4 Å². The summed E-state index contributed by atoms with van der Waals surface area (Å²) in [5.74, 6) is 0. The van der Waals surface area contributed by atoms with Crippen LogP contribution < -0.4 is 0 Å². The molecular weight excluding hydrogens is 256 g/mol. The zero-order chi connectivity index (χ0) is 13.0. The first-order chi connectivity index (χ1) is 8.64. The number of hydrogen-bond donors (Lipinski definition) is 0. The number of allylic oxidation sites excluding steroid dienone is 1. The van der Waals surface area contributed by atoms with Crippen LogP contribution in [0.3, 0.4) is 0 Å². The molecule has 0 aromatic carbocycles. The van der Waals surface area contributed by atoms with Crippen molar-refractivity contribution in [2.75, 3.05) is 6.61 Å². The van der Waals surface area contributed by atoms with Gasteiger partial charge in [-0.15, -0.1) is 6.58 Å². The van der Waals surface area contributed by atoms with E-state index in [-0.39, 0.29) is 0 Å². The summed E-state index contributed by atoms with van der Waals surface area (Å²) in [6.07, 6.45) is 7.90. The van der Waals surface area contributed by atoms with E-state index >= 15 is 0 Å². The van der Waals surface area contributed by atoms with Crippen molar-refractivity contribution < 1.29 is 8.85 Å². The highest BCUT2D eigenvalue weighted by Gasteiger charge is 2.41. The van der Waals surface area contributed by atoms with Gasteiger partial charge in [-0.2, -0.15) is 0 Å². The summed E-state index contributed by atoms with van der Waals surface area (Å²) < 4.78 is 12.4. The Hall–Kier alpha value is 0.0938. The smallest absolute Gasteiger partial charge is 0.196 e. The Kier molecular flexibility index (Phi) is 5.24. The summed E-state index contributed by atoms with van der Waals surface area (Å²) >= 11 is 0. The van der Waals surface area contributed by atoms with E-state index in [4.69, 9.17) is 8.85 Å². The van der Waals surface area contributed by atoms with E-state index in [2.05, 4.69) is 26.1 Å². The Labute approximate surface area is 115 Å². The molecule has 18 heavy (non-hydrogen) atoms. The summed E-state index contributed by atoms with van der Waals surface area (Å²) in [5, 5.41) is 0. The third kappa shape index (κ3) is 3.56. The first-order valence-corrected chi connectivity index (χ1v) is 12.4. The normalized spacial score (nSPS) is 39.2. The van der Waals surface area contributed by atoms with Crippen LogP contribution in [0.15, 0.2) is 12.7 Å². The van der Waals surface area contributed by atoms with Gasteiger partial charge in [-0.05, 0) is 50.0 Å². The average Bonchev–Trinajstić information content (AvgIpc) is 2.36. The summed E-state index contributed by atoms with van der Waals surface area (Å²) in [6.45, 7) is 9.76. The van der Waals surface area contributed by atoms with Crippen LogP contribution in [0.5, 0.6) is 0 Å². The van der Waals surface area contributed by atoms with Crippen molar-refractivity contribution >= 4 is 17.4 Å². The van der Waals surface area contributed by atoms with Crippen molar-refractivity contribution in [3.63, 3.8) is 0 Å². The lowest BCUT2D eigenvalue weighted by Crippen LogP contribution is -2.46. The molecule has 0 spiro atoms. The van der Waals surface area contributed by atoms with Crippen molar-refractivity contribution in [3.8, 4) is 0 Å². The molecule has 0 amide bonds. The third-order valence-corrected chi connectivity index (χ3v) is 12.2.